The Morgan fingerprint density at radius 1 is 1.46 bits per heavy atom. The fourth-order valence-corrected chi connectivity index (χ4v) is 5.17. The molecule has 0 amide bonds. The van der Waals surface area contributed by atoms with Gasteiger partial charge in [-0.05, 0) is 31.4 Å². The largest absolute Gasteiger partial charge is 0.385 e. The summed E-state index contributed by atoms with van der Waals surface area (Å²) in [6, 6.07) is 2.13. The number of rotatable bonds is 3. The Labute approximate surface area is 82.0 Å². The molecule has 1 saturated heterocycles. The first kappa shape index (κ1) is 11.2. The van der Waals surface area contributed by atoms with E-state index in [0.717, 1.165) is 37.8 Å². The Morgan fingerprint density at radius 2 is 2.15 bits per heavy atom. The van der Waals surface area contributed by atoms with E-state index in [2.05, 4.69) is 13.8 Å². The number of nitrogens with two attached hydrogens (primary N) is 2. The van der Waals surface area contributed by atoms with Crippen LogP contribution in [0.25, 0.3) is 0 Å². The maximum atomic E-state index is 6.26. The van der Waals surface area contributed by atoms with Crippen LogP contribution in [0.3, 0.4) is 0 Å². The second-order valence-corrected chi connectivity index (χ2v) is 7.52. The Bertz CT molecular complexity index is 175. The van der Waals surface area contributed by atoms with Crippen LogP contribution in [0.2, 0.25) is 12.1 Å². The molecule has 2 unspecified atom stereocenters. The maximum Gasteiger partial charge on any atom is 0.268 e. The molecule has 0 aliphatic carbocycles. The molecule has 0 spiro atoms. The normalized spacial score (nSPS) is 40.6. The SMILES string of the molecule is CCC[Si]1(N)CCCC(N)(CC)O1. The summed E-state index contributed by atoms with van der Waals surface area (Å²) in [5, 5.41) is 6.26. The van der Waals surface area contributed by atoms with Crippen LogP contribution >= 0.6 is 0 Å². The molecule has 0 aromatic heterocycles. The minimum absolute atomic E-state index is 0.408. The molecule has 4 N–H and O–H groups in total. The van der Waals surface area contributed by atoms with Gasteiger partial charge in [-0.3, -0.25) is 0 Å². The van der Waals surface area contributed by atoms with Crippen LogP contribution in [0.4, 0.5) is 0 Å². The third kappa shape index (κ3) is 2.77. The fourth-order valence-electron chi connectivity index (χ4n) is 2.04. The second-order valence-electron chi connectivity index (χ2n) is 4.19. The standard InChI is InChI=1S/C9H22N2OSi/c1-3-7-13(11)8-5-6-9(10,4-2)12-13/h3-8,10-11H2,1-2H3. The van der Waals surface area contributed by atoms with Crippen LogP contribution in [0.15, 0.2) is 0 Å². The molecule has 78 valence electrons. The summed E-state index contributed by atoms with van der Waals surface area (Å²) in [5.74, 6) is 0. The van der Waals surface area contributed by atoms with E-state index in [4.69, 9.17) is 15.6 Å². The third-order valence-electron chi connectivity index (χ3n) is 2.88. The molecular weight excluding hydrogens is 180 g/mol. The van der Waals surface area contributed by atoms with E-state index in [9.17, 15) is 0 Å². The molecule has 0 saturated carbocycles. The minimum Gasteiger partial charge on any atom is -0.385 e. The van der Waals surface area contributed by atoms with Gasteiger partial charge >= 0.3 is 0 Å². The van der Waals surface area contributed by atoms with E-state index >= 15 is 0 Å². The van der Waals surface area contributed by atoms with Crippen molar-refractivity contribution >= 4 is 8.48 Å². The Hall–Kier alpha value is 0.0969. The highest BCUT2D eigenvalue weighted by Gasteiger charge is 2.41. The first-order chi connectivity index (χ1) is 6.04. The highest BCUT2D eigenvalue weighted by atomic mass is 28.4. The molecule has 0 radical (unpaired) electrons. The average Bonchev–Trinajstić information content (AvgIpc) is 2.04. The maximum absolute atomic E-state index is 6.26. The molecule has 0 aromatic carbocycles. The molecule has 13 heavy (non-hydrogen) atoms. The van der Waals surface area contributed by atoms with Crippen molar-refractivity contribution < 1.29 is 4.43 Å². The van der Waals surface area contributed by atoms with Gasteiger partial charge in [0.2, 0.25) is 0 Å². The number of hydrogen-bond donors (Lipinski definition) is 2. The molecule has 4 heteroatoms. The summed E-state index contributed by atoms with van der Waals surface area (Å²) in [6.07, 6.45) is 4.11. The van der Waals surface area contributed by atoms with Crippen molar-refractivity contribution in [1.29, 1.82) is 0 Å². The van der Waals surface area contributed by atoms with Gasteiger partial charge in [0.1, 0.15) is 5.72 Å². The summed E-state index contributed by atoms with van der Waals surface area (Å²) >= 11 is 0. The third-order valence-corrected chi connectivity index (χ3v) is 6.24. The minimum atomic E-state index is -1.92. The van der Waals surface area contributed by atoms with Gasteiger partial charge in [0.25, 0.3) is 8.48 Å². The molecule has 1 aliphatic rings. The highest BCUT2D eigenvalue weighted by molar-refractivity contribution is 6.70. The van der Waals surface area contributed by atoms with Gasteiger partial charge in [-0.2, -0.15) is 0 Å². The first-order valence-corrected chi connectivity index (χ1v) is 7.71. The Kier molecular flexibility index (Phi) is 3.51. The quantitative estimate of drug-likeness (QED) is 0.684. The van der Waals surface area contributed by atoms with Crippen LogP contribution in [0.1, 0.15) is 39.5 Å². The van der Waals surface area contributed by atoms with Crippen molar-refractivity contribution in [3.63, 3.8) is 0 Å². The molecule has 2 atom stereocenters. The van der Waals surface area contributed by atoms with Gasteiger partial charge in [-0.15, -0.1) is 0 Å². The summed E-state index contributed by atoms with van der Waals surface area (Å²) in [7, 11) is -1.92. The van der Waals surface area contributed by atoms with E-state index in [1.165, 1.54) is 0 Å². The summed E-state index contributed by atoms with van der Waals surface area (Å²) in [4.78, 5) is 0. The van der Waals surface area contributed by atoms with Crippen LogP contribution in [-0.4, -0.2) is 14.2 Å². The Balaban J connectivity index is 2.59. The first-order valence-electron chi connectivity index (χ1n) is 5.31. The molecule has 1 heterocycles. The van der Waals surface area contributed by atoms with Crippen molar-refractivity contribution in [3.05, 3.63) is 0 Å². The topological polar surface area (TPSA) is 61.3 Å². The summed E-state index contributed by atoms with van der Waals surface area (Å²) < 4.78 is 5.95. The zero-order valence-corrected chi connectivity index (χ0v) is 9.81. The molecule has 1 fully saturated rings. The lowest BCUT2D eigenvalue weighted by Crippen LogP contribution is -2.61. The van der Waals surface area contributed by atoms with Crippen molar-refractivity contribution in [2.24, 2.45) is 11.1 Å². The fraction of sp³-hybridized carbons (Fsp3) is 1.00. The van der Waals surface area contributed by atoms with Crippen LogP contribution in [0, 0.1) is 0 Å². The predicted octanol–water partition coefficient (Wildman–Crippen LogP) is 1.67. The number of hydrogen-bond acceptors (Lipinski definition) is 3. The zero-order chi connectivity index (χ0) is 9.95. The molecule has 3 nitrogen and oxygen atoms in total. The lowest BCUT2D eigenvalue weighted by atomic mass is 10.1. The van der Waals surface area contributed by atoms with Crippen LogP contribution in [-0.2, 0) is 4.43 Å². The average molecular weight is 202 g/mol. The van der Waals surface area contributed by atoms with Crippen molar-refractivity contribution in [1.82, 2.24) is 0 Å². The molecule has 1 rings (SSSR count). The van der Waals surface area contributed by atoms with Crippen molar-refractivity contribution in [2.75, 3.05) is 0 Å². The van der Waals surface area contributed by atoms with Gasteiger partial charge in [-0.1, -0.05) is 20.3 Å². The smallest absolute Gasteiger partial charge is 0.268 e. The van der Waals surface area contributed by atoms with Gasteiger partial charge in [0, 0.05) is 0 Å². The van der Waals surface area contributed by atoms with Gasteiger partial charge in [0.05, 0.1) is 0 Å². The molecular formula is C9H22N2OSi. The van der Waals surface area contributed by atoms with Crippen LogP contribution in [0.5, 0.6) is 0 Å². The van der Waals surface area contributed by atoms with E-state index in [1.807, 2.05) is 0 Å². The zero-order valence-electron chi connectivity index (χ0n) is 8.81. The van der Waals surface area contributed by atoms with Crippen molar-refractivity contribution in [2.45, 2.75) is 57.3 Å². The van der Waals surface area contributed by atoms with Crippen LogP contribution < -0.4 is 11.1 Å². The summed E-state index contributed by atoms with van der Waals surface area (Å²) in [5.41, 5.74) is 5.69. The van der Waals surface area contributed by atoms with E-state index in [1.54, 1.807) is 0 Å². The molecule has 0 bridgehead atoms. The lowest BCUT2D eigenvalue weighted by molar-refractivity contribution is 0.0329. The lowest BCUT2D eigenvalue weighted by Gasteiger charge is -2.42. The van der Waals surface area contributed by atoms with E-state index in [0.29, 0.717) is 0 Å². The predicted molar refractivity (Wildman–Crippen MR) is 57.4 cm³/mol. The molecule has 1 aliphatic heterocycles. The molecule has 0 aromatic rings. The van der Waals surface area contributed by atoms with Gasteiger partial charge in [-0.25, -0.2) is 0 Å². The van der Waals surface area contributed by atoms with E-state index < -0.39 is 14.2 Å². The van der Waals surface area contributed by atoms with E-state index in [-0.39, 0.29) is 0 Å². The summed E-state index contributed by atoms with van der Waals surface area (Å²) in [6.45, 7) is 4.23. The monoisotopic (exact) mass is 202 g/mol. The Morgan fingerprint density at radius 3 is 2.69 bits per heavy atom. The van der Waals surface area contributed by atoms with Gasteiger partial charge < -0.3 is 15.6 Å². The van der Waals surface area contributed by atoms with Crippen molar-refractivity contribution in [3.8, 4) is 0 Å². The van der Waals surface area contributed by atoms with Gasteiger partial charge in [0.15, 0.2) is 0 Å². The highest BCUT2D eigenvalue weighted by Crippen LogP contribution is 2.32. The second kappa shape index (κ2) is 4.08.